The maximum atomic E-state index is 13.8. The summed E-state index contributed by atoms with van der Waals surface area (Å²) in [4.78, 5) is 38.2. The highest BCUT2D eigenvalue weighted by Crippen LogP contribution is 2.29. The lowest BCUT2D eigenvalue weighted by Crippen LogP contribution is -2.28. The van der Waals surface area contributed by atoms with Crippen LogP contribution in [0, 0.1) is 0 Å². The summed E-state index contributed by atoms with van der Waals surface area (Å²) in [5, 5.41) is 14.4. The van der Waals surface area contributed by atoms with Crippen molar-refractivity contribution in [2.75, 3.05) is 0 Å². The van der Waals surface area contributed by atoms with Gasteiger partial charge in [-0.3, -0.25) is 9.36 Å². The van der Waals surface area contributed by atoms with Gasteiger partial charge in [0.1, 0.15) is 5.52 Å². The average Bonchev–Trinajstić information content (AvgIpc) is 3.31. The van der Waals surface area contributed by atoms with E-state index >= 15 is 0 Å². The van der Waals surface area contributed by atoms with Crippen LogP contribution in [-0.2, 0) is 6.54 Å². The molecule has 0 aliphatic rings. The highest BCUT2D eigenvalue weighted by molar-refractivity contribution is 6.06. The molecule has 0 saturated heterocycles. The molecule has 0 bridgehead atoms. The summed E-state index contributed by atoms with van der Waals surface area (Å²) in [7, 11) is 0. The number of hydrogen-bond acceptors (Lipinski definition) is 4. The monoisotopic (exact) mass is 542 g/mol. The lowest BCUT2D eigenvalue weighted by atomic mass is 10.0. The summed E-state index contributed by atoms with van der Waals surface area (Å²) >= 11 is 0. The minimum atomic E-state index is -1.02. The molecule has 41 heavy (non-hydrogen) atoms. The molecule has 1 aromatic heterocycles. The summed E-state index contributed by atoms with van der Waals surface area (Å²) in [6.45, 7) is 2.05. The first kappa shape index (κ1) is 25.8. The Morgan fingerprint density at radius 3 is 2.27 bits per heavy atom. The summed E-state index contributed by atoms with van der Waals surface area (Å²) in [6, 6.07) is 33.1. The van der Waals surface area contributed by atoms with Crippen LogP contribution in [0.4, 0.5) is 0 Å². The van der Waals surface area contributed by atoms with Crippen molar-refractivity contribution in [1.82, 2.24) is 9.88 Å². The van der Waals surface area contributed by atoms with Gasteiger partial charge in [-0.05, 0) is 70.3 Å². The van der Waals surface area contributed by atoms with Crippen LogP contribution in [0.15, 0.2) is 118 Å². The second kappa shape index (κ2) is 10.6. The number of benzene rings is 5. The Labute approximate surface area is 235 Å². The van der Waals surface area contributed by atoms with Gasteiger partial charge in [0.15, 0.2) is 5.58 Å². The van der Waals surface area contributed by atoms with Crippen LogP contribution in [0.2, 0.25) is 0 Å². The number of fused-ring (bicyclic) bond motifs is 2. The Bertz CT molecular complexity index is 1970. The number of nitrogens with one attached hydrogen (secondary N) is 1. The fraction of sp³-hybridized carbons (Fsp3) is 0.0882. The second-order valence-electron chi connectivity index (χ2n) is 9.99. The van der Waals surface area contributed by atoms with Gasteiger partial charge in [-0.25, -0.2) is 9.59 Å². The predicted octanol–water partition coefficient (Wildman–Crippen LogP) is 6.65. The minimum absolute atomic E-state index is 0.167. The van der Waals surface area contributed by atoms with Gasteiger partial charge in [0.25, 0.3) is 5.91 Å². The molecule has 1 amide bonds. The number of carboxylic acid groups (broad SMARTS) is 1. The molecular formula is C34H26N2O5. The minimum Gasteiger partial charge on any atom is -0.478 e. The molecule has 0 saturated carbocycles. The molecule has 0 aliphatic heterocycles. The molecule has 1 atom stereocenters. The predicted molar refractivity (Wildman–Crippen MR) is 158 cm³/mol. The number of oxazole rings is 1. The van der Waals surface area contributed by atoms with E-state index in [2.05, 4.69) is 5.32 Å². The molecule has 1 heterocycles. The number of rotatable bonds is 7. The van der Waals surface area contributed by atoms with Gasteiger partial charge in [0.05, 0.1) is 23.7 Å². The van der Waals surface area contributed by atoms with Crippen LogP contribution in [-0.4, -0.2) is 21.6 Å². The van der Waals surface area contributed by atoms with Gasteiger partial charge in [-0.15, -0.1) is 0 Å². The molecule has 5 aromatic carbocycles. The Morgan fingerprint density at radius 1 is 0.829 bits per heavy atom. The van der Waals surface area contributed by atoms with Crippen molar-refractivity contribution < 1.29 is 19.1 Å². The third kappa shape index (κ3) is 5.13. The number of hydrogen-bond donors (Lipinski definition) is 2. The smallest absolute Gasteiger partial charge is 0.420 e. The van der Waals surface area contributed by atoms with E-state index in [1.54, 1.807) is 24.3 Å². The van der Waals surface area contributed by atoms with Crippen molar-refractivity contribution in [2.24, 2.45) is 0 Å². The zero-order valence-corrected chi connectivity index (χ0v) is 22.2. The number of aromatic carboxylic acids is 1. The summed E-state index contributed by atoms with van der Waals surface area (Å²) in [5.74, 6) is -1.95. The first-order valence-electron chi connectivity index (χ1n) is 13.2. The fourth-order valence-electron chi connectivity index (χ4n) is 5.11. The third-order valence-corrected chi connectivity index (χ3v) is 7.27. The van der Waals surface area contributed by atoms with Gasteiger partial charge in [-0.2, -0.15) is 0 Å². The highest BCUT2D eigenvalue weighted by Gasteiger charge is 2.22. The molecule has 0 radical (unpaired) electrons. The van der Waals surface area contributed by atoms with Crippen molar-refractivity contribution in [3.63, 3.8) is 0 Å². The van der Waals surface area contributed by atoms with Crippen LogP contribution >= 0.6 is 0 Å². The van der Waals surface area contributed by atoms with Crippen molar-refractivity contribution in [2.45, 2.75) is 19.5 Å². The fourth-order valence-corrected chi connectivity index (χ4v) is 5.11. The highest BCUT2D eigenvalue weighted by atomic mass is 16.4. The molecule has 202 valence electrons. The molecule has 6 aromatic rings. The van der Waals surface area contributed by atoms with Crippen LogP contribution in [0.3, 0.4) is 0 Å². The Balaban J connectivity index is 1.43. The van der Waals surface area contributed by atoms with Crippen LogP contribution in [0.5, 0.6) is 0 Å². The lowest BCUT2D eigenvalue weighted by molar-refractivity contribution is 0.0696. The summed E-state index contributed by atoms with van der Waals surface area (Å²) in [5.41, 5.74) is 4.48. The van der Waals surface area contributed by atoms with E-state index in [1.165, 1.54) is 16.7 Å². The molecule has 7 heteroatoms. The van der Waals surface area contributed by atoms with Crippen molar-refractivity contribution in [3.05, 3.63) is 142 Å². The molecular weight excluding hydrogens is 516 g/mol. The third-order valence-electron chi connectivity index (χ3n) is 7.27. The largest absolute Gasteiger partial charge is 0.478 e. The number of amides is 1. The molecule has 6 rings (SSSR count). The molecule has 0 fully saturated rings. The maximum absolute atomic E-state index is 13.8. The summed E-state index contributed by atoms with van der Waals surface area (Å²) in [6.07, 6.45) is 0. The van der Waals surface area contributed by atoms with Crippen molar-refractivity contribution in [3.8, 4) is 11.1 Å². The average molecular weight is 543 g/mol. The second-order valence-corrected chi connectivity index (χ2v) is 9.99. The zero-order chi connectivity index (χ0) is 28.5. The molecule has 0 spiro atoms. The van der Waals surface area contributed by atoms with E-state index in [0.717, 1.165) is 33.0 Å². The van der Waals surface area contributed by atoms with E-state index in [4.69, 9.17) is 4.42 Å². The topological polar surface area (TPSA) is 102 Å². The molecule has 2 N–H and O–H groups in total. The SMILES string of the molecule is C[C@H](NC(=O)c1cc(-c2ccccc2)cc2oc(=O)n(Cc3ccc4ccccc4c3)c12)c1ccc(C(=O)O)cc1. The number of aromatic nitrogens is 1. The van der Waals surface area contributed by atoms with E-state index in [1.807, 2.05) is 79.7 Å². The van der Waals surface area contributed by atoms with Crippen LogP contribution in [0.25, 0.3) is 33.0 Å². The number of carboxylic acids is 1. The lowest BCUT2D eigenvalue weighted by Gasteiger charge is -2.16. The van der Waals surface area contributed by atoms with Crippen LogP contribution < -0.4 is 11.1 Å². The van der Waals surface area contributed by atoms with Crippen molar-refractivity contribution >= 4 is 33.7 Å². The molecule has 7 nitrogen and oxygen atoms in total. The van der Waals surface area contributed by atoms with E-state index in [-0.39, 0.29) is 18.0 Å². The Hall–Kier alpha value is -5.43. The Kier molecular flexibility index (Phi) is 6.69. The van der Waals surface area contributed by atoms with E-state index < -0.39 is 17.8 Å². The standard InChI is InChI=1S/C34H26N2O5/c1-21(23-13-15-26(16-14-23)33(38)39)35-32(37)29-18-28(24-7-3-2-4-8-24)19-30-31(29)36(34(40)41-30)20-22-11-12-25-9-5-6-10-27(25)17-22/h2-19,21H,20H2,1H3,(H,35,37)(H,38,39)/t21-/m0/s1. The van der Waals surface area contributed by atoms with Gasteiger partial charge in [-0.1, -0.05) is 78.9 Å². The van der Waals surface area contributed by atoms with E-state index in [0.29, 0.717) is 16.7 Å². The van der Waals surface area contributed by atoms with Gasteiger partial charge in [0, 0.05) is 0 Å². The first-order valence-corrected chi connectivity index (χ1v) is 13.2. The van der Waals surface area contributed by atoms with Gasteiger partial charge >= 0.3 is 11.7 Å². The molecule has 0 unspecified atom stereocenters. The van der Waals surface area contributed by atoms with Crippen molar-refractivity contribution in [1.29, 1.82) is 0 Å². The summed E-state index contributed by atoms with van der Waals surface area (Å²) < 4.78 is 7.20. The maximum Gasteiger partial charge on any atom is 0.420 e. The zero-order valence-electron chi connectivity index (χ0n) is 22.2. The van der Waals surface area contributed by atoms with E-state index in [9.17, 15) is 19.5 Å². The molecule has 0 aliphatic carbocycles. The van der Waals surface area contributed by atoms with Gasteiger partial charge < -0.3 is 14.8 Å². The quantitative estimate of drug-likeness (QED) is 0.235. The normalized spacial score (nSPS) is 11.9. The Morgan fingerprint density at radius 2 is 1.54 bits per heavy atom. The number of carbonyl (C=O) groups is 2. The number of nitrogens with zero attached hydrogens (tertiary/aromatic N) is 1. The van der Waals surface area contributed by atoms with Gasteiger partial charge in [0.2, 0.25) is 0 Å². The number of carbonyl (C=O) groups excluding carboxylic acids is 1. The first-order chi connectivity index (χ1) is 19.9. The van der Waals surface area contributed by atoms with Crippen LogP contribution in [0.1, 0.15) is 44.8 Å².